The van der Waals surface area contributed by atoms with Crippen molar-refractivity contribution in [1.29, 1.82) is 0 Å². The third-order valence-corrected chi connectivity index (χ3v) is 3.58. The summed E-state index contributed by atoms with van der Waals surface area (Å²) in [4.78, 5) is 0. The van der Waals surface area contributed by atoms with Crippen LogP contribution in [0.15, 0.2) is 0 Å². The summed E-state index contributed by atoms with van der Waals surface area (Å²) >= 11 is 11.4. The molecule has 0 saturated carbocycles. The lowest BCUT2D eigenvalue weighted by molar-refractivity contribution is 0.624. The molecule has 0 nitrogen and oxygen atoms in total. The van der Waals surface area contributed by atoms with Gasteiger partial charge in [-0.1, -0.05) is 45.4 Å². The molecule has 0 aliphatic rings. The zero-order chi connectivity index (χ0) is 8.53. The SMILES string of the molecule is CCCCCCCC[Si](Cl)Cl. The molecule has 0 spiro atoms. The quantitative estimate of drug-likeness (QED) is 0.335. The van der Waals surface area contributed by atoms with Gasteiger partial charge in [0.1, 0.15) is 0 Å². The summed E-state index contributed by atoms with van der Waals surface area (Å²) in [5.41, 5.74) is 0. The van der Waals surface area contributed by atoms with Crippen molar-refractivity contribution in [3.05, 3.63) is 0 Å². The maximum atomic E-state index is 5.69. The molecule has 0 unspecified atom stereocenters. The highest BCUT2D eigenvalue weighted by Gasteiger charge is 2.01. The van der Waals surface area contributed by atoms with Crippen LogP contribution < -0.4 is 0 Å². The summed E-state index contributed by atoms with van der Waals surface area (Å²) in [6, 6.07) is 1.06. The molecule has 11 heavy (non-hydrogen) atoms. The largest absolute Gasteiger partial charge is 0.273 e. The van der Waals surface area contributed by atoms with Crippen LogP contribution in [0.2, 0.25) is 6.04 Å². The summed E-state index contributed by atoms with van der Waals surface area (Å²) in [6.45, 7) is 2.23. The van der Waals surface area contributed by atoms with Crippen LogP contribution in [0.25, 0.3) is 0 Å². The number of halogens is 2. The van der Waals surface area contributed by atoms with Crippen molar-refractivity contribution in [1.82, 2.24) is 0 Å². The minimum atomic E-state index is -0.983. The van der Waals surface area contributed by atoms with Crippen molar-refractivity contribution in [2.45, 2.75) is 51.5 Å². The van der Waals surface area contributed by atoms with Crippen LogP contribution in [-0.2, 0) is 0 Å². The maximum absolute atomic E-state index is 5.69. The van der Waals surface area contributed by atoms with E-state index < -0.39 is 7.42 Å². The van der Waals surface area contributed by atoms with Gasteiger partial charge >= 0.3 is 0 Å². The Kier molecular flexibility index (Phi) is 9.53. The molecule has 0 bridgehead atoms. The lowest BCUT2D eigenvalue weighted by Gasteiger charge is -1.99. The summed E-state index contributed by atoms with van der Waals surface area (Å²) in [7, 11) is -0.983. The highest BCUT2D eigenvalue weighted by atomic mass is 35.7. The zero-order valence-electron chi connectivity index (χ0n) is 7.21. The number of rotatable bonds is 7. The van der Waals surface area contributed by atoms with E-state index in [1.54, 1.807) is 0 Å². The van der Waals surface area contributed by atoms with Crippen LogP contribution >= 0.6 is 22.2 Å². The molecule has 0 fully saturated rings. The third-order valence-electron chi connectivity index (χ3n) is 1.72. The van der Waals surface area contributed by atoms with E-state index in [0.29, 0.717) is 0 Å². The van der Waals surface area contributed by atoms with Crippen molar-refractivity contribution >= 4 is 29.6 Å². The van der Waals surface area contributed by atoms with E-state index in [4.69, 9.17) is 22.2 Å². The Hall–Kier alpha value is 0.797. The second kappa shape index (κ2) is 8.89. The van der Waals surface area contributed by atoms with Crippen LogP contribution in [0, 0.1) is 0 Å². The average molecular weight is 212 g/mol. The Morgan fingerprint density at radius 3 is 2.00 bits per heavy atom. The van der Waals surface area contributed by atoms with Crippen LogP contribution in [0.3, 0.4) is 0 Å². The number of hydrogen-bond acceptors (Lipinski definition) is 0. The zero-order valence-corrected chi connectivity index (χ0v) is 9.72. The Morgan fingerprint density at radius 2 is 1.45 bits per heavy atom. The van der Waals surface area contributed by atoms with Gasteiger partial charge in [0.15, 0.2) is 0 Å². The smallest absolute Gasteiger partial charge is 0.147 e. The van der Waals surface area contributed by atoms with Crippen LogP contribution in [0.4, 0.5) is 0 Å². The van der Waals surface area contributed by atoms with Crippen LogP contribution in [0.1, 0.15) is 45.4 Å². The lowest BCUT2D eigenvalue weighted by atomic mass is 10.1. The second-order valence-electron chi connectivity index (χ2n) is 2.86. The molecule has 0 aliphatic heterocycles. The standard InChI is InChI=1S/C8H17Cl2Si/c1-2-3-4-5-6-7-8-11(9)10/h2-8H2,1H3. The van der Waals surface area contributed by atoms with E-state index in [1.165, 1.54) is 38.5 Å². The fourth-order valence-electron chi connectivity index (χ4n) is 1.04. The van der Waals surface area contributed by atoms with E-state index in [1.807, 2.05) is 0 Å². The van der Waals surface area contributed by atoms with E-state index in [0.717, 1.165) is 6.04 Å². The van der Waals surface area contributed by atoms with Gasteiger partial charge in [-0.3, -0.25) is 0 Å². The first-order valence-corrected chi connectivity index (χ1v) is 8.17. The molecule has 0 aromatic heterocycles. The molecule has 0 amide bonds. The van der Waals surface area contributed by atoms with Crippen LogP contribution in [-0.4, -0.2) is 7.42 Å². The molecule has 3 heteroatoms. The van der Waals surface area contributed by atoms with Crippen molar-refractivity contribution in [2.75, 3.05) is 0 Å². The van der Waals surface area contributed by atoms with Gasteiger partial charge in [0, 0.05) is 0 Å². The van der Waals surface area contributed by atoms with Crippen molar-refractivity contribution < 1.29 is 0 Å². The Bertz CT molecular complexity index is 76.5. The topological polar surface area (TPSA) is 0 Å². The minimum absolute atomic E-state index is 0.983. The molecule has 0 aromatic rings. The molecule has 0 saturated heterocycles. The van der Waals surface area contributed by atoms with E-state index in [2.05, 4.69) is 6.92 Å². The molecular weight excluding hydrogens is 195 g/mol. The molecule has 0 aromatic carbocycles. The Balaban J connectivity index is 2.80. The predicted octanol–water partition coefficient (Wildman–Crippen LogP) is 4.31. The molecular formula is C8H17Cl2Si. The predicted molar refractivity (Wildman–Crippen MR) is 55.6 cm³/mol. The van der Waals surface area contributed by atoms with Gasteiger partial charge in [-0.05, 0) is 6.04 Å². The first kappa shape index (κ1) is 11.8. The first-order valence-electron chi connectivity index (χ1n) is 4.44. The number of hydrogen-bond donors (Lipinski definition) is 0. The average Bonchev–Trinajstić information content (AvgIpc) is 1.96. The van der Waals surface area contributed by atoms with E-state index in [-0.39, 0.29) is 0 Å². The highest BCUT2D eigenvalue weighted by molar-refractivity contribution is 7.33. The van der Waals surface area contributed by atoms with Gasteiger partial charge in [-0.25, -0.2) is 0 Å². The van der Waals surface area contributed by atoms with Crippen molar-refractivity contribution in [2.24, 2.45) is 0 Å². The molecule has 67 valence electrons. The summed E-state index contributed by atoms with van der Waals surface area (Å²) in [6.07, 6.45) is 7.97. The van der Waals surface area contributed by atoms with Gasteiger partial charge in [-0.15, -0.1) is 22.2 Å². The van der Waals surface area contributed by atoms with Gasteiger partial charge < -0.3 is 0 Å². The summed E-state index contributed by atoms with van der Waals surface area (Å²) in [5, 5.41) is 0. The van der Waals surface area contributed by atoms with Gasteiger partial charge in [0.25, 0.3) is 7.42 Å². The highest BCUT2D eigenvalue weighted by Crippen LogP contribution is 2.12. The van der Waals surface area contributed by atoms with Crippen LogP contribution in [0.5, 0.6) is 0 Å². The monoisotopic (exact) mass is 211 g/mol. The van der Waals surface area contributed by atoms with Gasteiger partial charge in [0.05, 0.1) is 0 Å². The molecule has 0 heterocycles. The van der Waals surface area contributed by atoms with Crippen molar-refractivity contribution in [3.8, 4) is 0 Å². The molecule has 0 atom stereocenters. The lowest BCUT2D eigenvalue weighted by Crippen LogP contribution is -1.90. The third kappa shape index (κ3) is 10.8. The second-order valence-corrected chi connectivity index (χ2v) is 7.35. The fourth-order valence-corrected chi connectivity index (χ4v) is 2.36. The van der Waals surface area contributed by atoms with Gasteiger partial charge in [0.2, 0.25) is 0 Å². The maximum Gasteiger partial charge on any atom is 0.273 e. The molecule has 0 N–H and O–H groups in total. The molecule has 0 rings (SSSR count). The Labute approximate surface area is 81.3 Å². The summed E-state index contributed by atoms with van der Waals surface area (Å²) in [5.74, 6) is 0. The summed E-state index contributed by atoms with van der Waals surface area (Å²) < 4.78 is 0. The van der Waals surface area contributed by atoms with E-state index in [9.17, 15) is 0 Å². The van der Waals surface area contributed by atoms with Gasteiger partial charge in [-0.2, -0.15) is 0 Å². The van der Waals surface area contributed by atoms with E-state index >= 15 is 0 Å². The minimum Gasteiger partial charge on any atom is -0.147 e. The molecule has 0 aliphatic carbocycles. The Morgan fingerprint density at radius 1 is 0.909 bits per heavy atom. The molecule has 1 radical (unpaired) electrons. The number of unbranched alkanes of at least 4 members (excludes halogenated alkanes) is 5. The fraction of sp³-hybridized carbons (Fsp3) is 1.00. The van der Waals surface area contributed by atoms with Crippen molar-refractivity contribution in [3.63, 3.8) is 0 Å². The first-order chi connectivity index (χ1) is 5.27. The normalized spacial score (nSPS) is 10.9.